The van der Waals surface area contributed by atoms with Crippen LogP contribution in [0.25, 0.3) is 0 Å². The van der Waals surface area contributed by atoms with Crippen LogP contribution >= 0.6 is 15.9 Å². The summed E-state index contributed by atoms with van der Waals surface area (Å²) in [5.41, 5.74) is 0.730. The molecule has 4 rings (SSSR count). The fourth-order valence-corrected chi connectivity index (χ4v) is 3.44. The Morgan fingerprint density at radius 2 is 2.07 bits per heavy atom. The van der Waals surface area contributed by atoms with Crippen molar-refractivity contribution in [2.75, 3.05) is 0 Å². The summed E-state index contributed by atoms with van der Waals surface area (Å²) >= 11 is 3.56. The van der Waals surface area contributed by atoms with E-state index in [0.29, 0.717) is 18.2 Å². The third kappa shape index (κ3) is 4.51. The number of hydrogen-bond acceptors (Lipinski definition) is 8. The molecule has 0 aliphatic heterocycles. The average Bonchev–Trinajstić information content (AvgIpc) is 3.21. The van der Waals surface area contributed by atoms with Gasteiger partial charge in [0.2, 0.25) is 0 Å². The van der Waals surface area contributed by atoms with Crippen molar-refractivity contribution in [3.8, 4) is 5.75 Å². The zero-order chi connectivity index (χ0) is 21.3. The lowest BCUT2D eigenvalue weighted by Crippen LogP contribution is -2.33. The standard InChI is InChI=1S/C19H26BrN9O/c1-5-19(2,3)29-18(23-25-27-29)17(21-11-16-22-26-28(4)24-16)14-9-6-12(20)10-15(14)30-13-7-8-13/h6,9-10,13,17,21H,5,7-8,11H2,1-4H3. The lowest BCUT2D eigenvalue weighted by Gasteiger charge is -2.28. The van der Waals surface area contributed by atoms with Crippen molar-refractivity contribution in [2.24, 2.45) is 7.05 Å². The van der Waals surface area contributed by atoms with E-state index < -0.39 is 0 Å². The molecule has 1 fully saturated rings. The van der Waals surface area contributed by atoms with Crippen LogP contribution in [0.5, 0.6) is 5.75 Å². The Hall–Kier alpha value is -2.40. The van der Waals surface area contributed by atoms with Crippen LogP contribution in [-0.2, 0) is 19.1 Å². The predicted octanol–water partition coefficient (Wildman–Crippen LogP) is 2.52. The van der Waals surface area contributed by atoms with Crippen molar-refractivity contribution in [3.05, 3.63) is 39.9 Å². The highest BCUT2D eigenvalue weighted by atomic mass is 79.9. The van der Waals surface area contributed by atoms with Gasteiger partial charge in [0.05, 0.1) is 31.3 Å². The second kappa shape index (κ2) is 8.38. The Balaban J connectivity index is 1.74. The molecule has 1 atom stereocenters. The van der Waals surface area contributed by atoms with Gasteiger partial charge in [-0.3, -0.25) is 5.32 Å². The zero-order valence-corrected chi connectivity index (χ0v) is 19.2. The molecule has 1 aliphatic carbocycles. The van der Waals surface area contributed by atoms with E-state index in [1.165, 1.54) is 4.80 Å². The largest absolute Gasteiger partial charge is 0.490 e. The molecular formula is C19H26BrN9O. The van der Waals surface area contributed by atoms with Gasteiger partial charge in [-0.1, -0.05) is 28.9 Å². The zero-order valence-electron chi connectivity index (χ0n) is 17.6. The number of halogens is 1. The van der Waals surface area contributed by atoms with E-state index in [4.69, 9.17) is 4.74 Å². The van der Waals surface area contributed by atoms with Crippen molar-refractivity contribution in [3.63, 3.8) is 0 Å². The number of tetrazole rings is 2. The van der Waals surface area contributed by atoms with E-state index in [1.807, 2.05) is 22.9 Å². The molecule has 160 valence electrons. The molecule has 1 aromatic carbocycles. The van der Waals surface area contributed by atoms with Gasteiger partial charge in [-0.2, -0.15) is 4.80 Å². The smallest absolute Gasteiger partial charge is 0.188 e. The normalized spacial score (nSPS) is 15.4. The van der Waals surface area contributed by atoms with Gasteiger partial charge < -0.3 is 4.74 Å². The van der Waals surface area contributed by atoms with E-state index >= 15 is 0 Å². The van der Waals surface area contributed by atoms with Gasteiger partial charge in [-0.25, -0.2) is 4.68 Å². The summed E-state index contributed by atoms with van der Waals surface area (Å²) in [7, 11) is 1.74. The van der Waals surface area contributed by atoms with E-state index in [0.717, 1.165) is 35.0 Å². The van der Waals surface area contributed by atoms with Gasteiger partial charge in [0, 0.05) is 10.0 Å². The second-order valence-electron chi connectivity index (χ2n) is 8.12. The molecule has 0 spiro atoms. The predicted molar refractivity (Wildman–Crippen MR) is 113 cm³/mol. The van der Waals surface area contributed by atoms with Crippen LogP contribution in [0, 0.1) is 0 Å². The molecule has 1 aliphatic rings. The van der Waals surface area contributed by atoms with E-state index in [2.05, 4.69) is 73.0 Å². The quantitative estimate of drug-likeness (QED) is 0.502. The van der Waals surface area contributed by atoms with Crippen molar-refractivity contribution < 1.29 is 4.74 Å². The van der Waals surface area contributed by atoms with Crippen molar-refractivity contribution in [1.82, 2.24) is 45.7 Å². The molecule has 10 nitrogen and oxygen atoms in total. The fraction of sp³-hybridized carbons (Fsp3) is 0.579. The first kappa shape index (κ1) is 20.9. The highest BCUT2D eigenvalue weighted by Crippen LogP contribution is 2.37. The summed E-state index contributed by atoms with van der Waals surface area (Å²) < 4.78 is 9.08. The number of aryl methyl sites for hydroxylation is 1. The molecule has 0 radical (unpaired) electrons. The fourth-order valence-electron chi connectivity index (χ4n) is 3.10. The Bertz CT molecular complexity index is 1010. The molecular weight excluding hydrogens is 450 g/mol. The van der Waals surface area contributed by atoms with Gasteiger partial charge in [-0.15, -0.1) is 15.3 Å². The molecule has 1 saturated carbocycles. The SMILES string of the molecule is CCC(C)(C)n1nnnc1C(NCc1nnn(C)n1)c1ccc(Br)cc1OC1CC1. The van der Waals surface area contributed by atoms with Crippen LogP contribution in [-0.4, -0.2) is 46.5 Å². The van der Waals surface area contributed by atoms with E-state index in [-0.39, 0.29) is 17.7 Å². The summed E-state index contributed by atoms with van der Waals surface area (Å²) in [4.78, 5) is 1.44. The molecule has 30 heavy (non-hydrogen) atoms. The Labute approximate surface area is 183 Å². The maximum Gasteiger partial charge on any atom is 0.188 e. The maximum atomic E-state index is 6.23. The van der Waals surface area contributed by atoms with E-state index in [1.54, 1.807) is 7.05 Å². The number of aromatic nitrogens is 8. The second-order valence-corrected chi connectivity index (χ2v) is 9.04. The highest BCUT2D eigenvalue weighted by Gasteiger charge is 2.32. The number of nitrogens with one attached hydrogen (secondary N) is 1. The topological polar surface area (TPSA) is 108 Å². The number of rotatable bonds is 9. The Morgan fingerprint density at radius 1 is 1.27 bits per heavy atom. The number of ether oxygens (including phenoxy) is 1. The molecule has 1 N–H and O–H groups in total. The molecule has 1 unspecified atom stereocenters. The number of benzene rings is 1. The molecule has 0 bridgehead atoms. The molecule has 0 saturated heterocycles. The summed E-state index contributed by atoms with van der Waals surface area (Å²) in [6.07, 6.45) is 3.31. The van der Waals surface area contributed by atoms with Gasteiger partial charge >= 0.3 is 0 Å². The first-order valence-electron chi connectivity index (χ1n) is 10.1. The van der Waals surface area contributed by atoms with Crippen LogP contribution in [0.1, 0.15) is 63.3 Å². The molecule has 0 amide bonds. The minimum absolute atomic E-state index is 0.240. The van der Waals surface area contributed by atoms with Gasteiger partial charge in [0.25, 0.3) is 0 Å². The summed E-state index contributed by atoms with van der Waals surface area (Å²) in [6, 6.07) is 5.74. The van der Waals surface area contributed by atoms with Crippen molar-refractivity contribution in [2.45, 2.75) is 64.3 Å². The number of nitrogens with zero attached hydrogens (tertiary/aromatic N) is 8. The van der Waals surface area contributed by atoms with Crippen LogP contribution in [0.3, 0.4) is 0 Å². The lowest BCUT2D eigenvalue weighted by atomic mass is 9.99. The monoisotopic (exact) mass is 475 g/mol. The van der Waals surface area contributed by atoms with E-state index in [9.17, 15) is 0 Å². The molecule has 11 heteroatoms. The summed E-state index contributed by atoms with van der Waals surface area (Å²) in [6.45, 7) is 6.78. The van der Waals surface area contributed by atoms with Crippen molar-refractivity contribution in [1.29, 1.82) is 0 Å². The van der Waals surface area contributed by atoms with Crippen molar-refractivity contribution >= 4 is 15.9 Å². The third-order valence-corrected chi connectivity index (χ3v) is 5.80. The highest BCUT2D eigenvalue weighted by molar-refractivity contribution is 9.10. The first-order valence-corrected chi connectivity index (χ1v) is 10.9. The lowest BCUT2D eigenvalue weighted by molar-refractivity contribution is 0.278. The van der Waals surface area contributed by atoms with Crippen LogP contribution in [0.2, 0.25) is 0 Å². The summed E-state index contributed by atoms with van der Waals surface area (Å²) in [5, 5.41) is 28.5. The maximum absolute atomic E-state index is 6.23. The molecule has 2 aromatic heterocycles. The van der Waals surface area contributed by atoms with Gasteiger partial charge in [-0.05, 0) is 60.9 Å². The molecule has 2 heterocycles. The Morgan fingerprint density at radius 3 is 2.73 bits per heavy atom. The summed E-state index contributed by atoms with van der Waals surface area (Å²) in [5.74, 6) is 2.13. The Kier molecular flexibility index (Phi) is 5.83. The van der Waals surface area contributed by atoms with Crippen LogP contribution in [0.15, 0.2) is 22.7 Å². The van der Waals surface area contributed by atoms with Gasteiger partial charge in [0.1, 0.15) is 5.75 Å². The van der Waals surface area contributed by atoms with Crippen LogP contribution in [0.4, 0.5) is 0 Å². The first-order chi connectivity index (χ1) is 14.4. The third-order valence-electron chi connectivity index (χ3n) is 5.31. The average molecular weight is 476 g/mol. The minimum Gasteiger partial charge on any atom is -0.490 e. The number of hydrogen-bond donors (Lipinski definition) is 1. The molecule has 3 aromatic rings. The van der Waals surface area contributed by atoms with Gasteiger partial charge in [0.15, 0.2) is 11.6 Å². The van der Waals surface area contributed by atoms with Crippen LogP contribution < -0.4 is 10.1 Å². The minimum atomic E-state index is -0.309.